The predicted octanol–water partition coefficient (Wildman–Crippen LogP) is 7.52. The molecule has 0 bridgehead atoms. The summed E-state index contributed by atoms with van der Waals surface area (Å²) in [6.45, 7) is 0.394. The Balaban J connectivity index is 1.19. The zero-order valence-electron chi connectivity index (χ0n) is 25.5. The number of hydrogen-bond acceptors (Lipinski definition) is 7. The van der Waals surface area contributed by atoms with Gasteiger partial charge in [0.2, 0.25) is 0 Å². The summed E-state index contributed by atoms with van der Waals surface area (Å²) in [6, 6.07) is 35.7. The maximum atomic E-state index is 12.6. The lowest BCUT2D eigenvalue weighted by molar-refractivity contribution is -0.245. The molecule has 2 heterocycles. The molecule has 3 atom stereocenters. The van der Waals surface area contributed by atoms with E-state index in [2.05, 4.69) is 34.6 Å². The first-order chi connectivity index (χ1) is 22.6. The molecule has 1 aliphatic heterocycles. The van der Waals surface area contributed by atoms with Crippen LogP contribution < -0.4 is 10.1 Å². The van der Waals surface area contributed by atoms with Crippen molar-refractivity contribution in [1.82, 2.24) is 10.3 Å². The number of nitrogens with one attached hydrogen (secondary N) is 1. The third kappa shape index (κ3) is 7.66. The molecule has 46 heavy (non-hydrogen) atoms. The van der Waals surface area contributed by atoms with Gasteiger partial charge in [-0.2, -0.15) is 0 Å². The zero-order chi connectivity index (χ0) is 31.7. The van der Waals surface area contributed by atoms with Gasteiger partial charge in [0.15, 0.2) is 6.29 Å². The highest BCUT2D eigenvalue weighted by Crippen LogP contribution is 2.41. The molecule has 1 aromatic heterocycles. The minimum atomic E-state index is -0.553. The van der Waals surface area contributed by atoms with E-state index in [1.165, 1.54) is 0 Å². The quantitative estimate of drug-likeness (QED) is 0.146. The van der Waals surface area contributed by atoms with Gasteiger partial charge in [0.1, 0.15) is 5.75 Å². The molecule has 5 aromatic rings. The molecule has 8 heteroatoms. The Bertz CT molecular complexity index is 1730. The van der Waals surface area contributed by atoms with E-state index in [0.29, 0.717) is 18.5 Å². The molecule has 1 aliphatic rings. The average molecular weight is 633 g/mol. The minimum absolute atomic E-state index is 0.00205. The number of rotatable bonds is 11. The third-order valence-corrected chi connectivity index (χ3v) is 9.17. The minimum Gasteiger partial charge on any atom is -0.496 e. The topological polar surface area (TPSA) is 89.9 Å². The summed E-state index contributed by atoms with van der Waals surface area (Å²) < 4.78 is 18.7. The van der Waals surface area contributed by atoms with Crippen LogP contribution in [0.4, 0.5) is 0 Å². The number of aliphatic hydroxyl groups is 1. The molecular formula is C38H36N2O5S. The van der Waals surface area contributed by atoms with Gasteiger partial charge in [0.25, 0.3) is 5.91 Å². The fourth-order valence-electron chi connectivity index (χ4n) is 5.49. The van der Waals surface area contributed by atoms with Gasteiger partial charge in [-0.05, 0) is 52.1 Å². The van der Waals surface area contributed by atoms with Crippen molar-refractivity contribution in [3.05, 3.63) is 149 Å². The van der Waals surface area contributed by atoms with E-state index < -0.39 is 6.29 Å². The molecule has 1 saturated heterocycles. The lowest BCUT2D eigenvalue weighted by Gasteiger charge is -2.36. The number of methoxy groups -OCH3 is 1. The van der Waals surface area contributed by atoms with Gasteiger partial charge in [-0.15, -0.1) is 11.8 Å². The molecule has 6 rings (SSSR count). The number of benzene rings is 4. The van der Waals surface area contributed by atoms with E-state index in [-0.39, 0.29) is 24.7 Å². The third-order valence-electron chi connectivity index (χ3n) is 7.98. The van der Waals surface area contributed by atoms with Crippen molar-refractivity contribution in [2.45, 2.75) is 43.0 Å². The molecular weight excluding hydrogens is 596 g/mol. The Morgan fingerprint density at radius 3 is 2.43 bits per heavy atom. The van der Waals surface area contributed by atoms with Crippen LogP contribution in [0.5, 0.6) is 5.75 Å². The fourth-order valence-corrected chi connectivity index (χ4v) is 6.54. The Labute approximate surface area is 273 Å². The number of ether oxygens (including phenoxy) is 3. The van der Waals surface area contributed by atoms with Crippen LogP contribution in [0.3, 0.4) is 0 Å². The normalized spacial score (nSPS) is 17.7. The molecule has 0 spiro atoms. The first-order valence-corrected chi connectivity index (χ1v) is 16.2. The van der Waals surface area contributed by atoms with Gasteiger partial charge in [-0.25, -0.2) is 0 Å². The Morgan fingerprint density at radius 1 is 0.913 bits per heavy atom. The molecule has 4 aromatic carbocycles. The molecule has 0 saturated carbocycles. The largest absolute Gasteiger partial charge is 0.496 e. The van der Waals surface area contributed by atoms with E-state index >= 15 is 0 Å². The number of aromatic nitrogens is 1. The summed E-state index contributed by atoms with van der Waals surface area (Å²) in [6.07, 6.45) is 3.12. The summed E-state index contributed by atoms with van der Waals surface area (Å²) in [5.41, 5.74) is 6.45. The van der Waals surface area contributed by atoms with Crippen molar-refractivity contribution < 1.29 is 24.1 Å². The lowest BCUT2D eigenvalue weighted by atomic mass is 9.97. The van der Waals surface area contributed by atoms with Crippen molar-refractivity contribution in [2.75, 3.05) is 12.9 Å². The van der Waals surface area contributed by atoms with E-state index in [1.54, 1.807) is 43.4 Å². The smallest absolute Gasteiger partial charge is 0.253 e. The second-order valence-electron chi connectivity index (χ2n) is 11.0. The van der Waals surface area contributed by atoms with Crippen LogP contribution in [0, 0.1) is 0 Å². The van der Waals surface area contributed by atoms with Crippen LogP contribution in [0.15, 0.2) is 126 Å². The highest BCUT2D eigenvalue weighted by molar-refractivity contribution is 7.99. The van der Waals surface area contributed by atoms with Gasteiger partial charge in [0, 0.05) is 41.6 Å². The first-order valence-electron chi connectivity index (χ1n) is 15.2. The lowest BCUT2D eigenvalue weighted by Crippen LogP contribution is -2.31. The van der Waals surface area contributed by atoms with Crippen molar-refractivity contribution >= 4 is 17.7 Å². The van der Waals surface area contributed by atoms with Crippen molar-refractivity contribution in [1.29, 1.82) is 0 Å². The van der Waals surface area contributed by atoms with Gasteiger partial charge in [0.05, 0.1) is 31.5 Å². The molecule has 0 aliphatic carbocycles. The van der Waals surface area contributed by atoms with Gasteiger partial charge < -0.3 is 24.6 Å². The highest BCUT2D eigenvalue weighted by Gasteiger charge is 2.32. The molecule has 234 valence electrons. The summed E-state index contributed by atoms with van der Waals surface area (Å²) in [7, 11) is 1.69. The van der Waals surface area contributed by atoms with Gasteiger partial charge in [-0.1, -0.05) is 84.9 Å². The fraction of sp³-hybridized carbons (Fsp3) is 0.211. The maximum Gasteiger partial charge on any atom is 0.253 e. The molecule has 1 fully saturated rings. The maximum absolute atomic E-state index is 12.6. The SMILES string of the molecule is COc1ccccc1SC[C@H]1C[C@@H](c2ccc(CO)cc2)O[C@@H](c2ccc(-c3ccccc3CNC(=O)c3cccnc3)cc2)O1. The average Bonchev–Trinajstić information content (AvgIpc) is 3.13. The van der Waals surface area contributed by atoms with Crippen LogP contribution in [-0.2, 0) is 22.6 Å². The summed E-state index contributed by atoms with van der Waals surface area (Å²) in [5, 5.41) is 12.5. The second kappa shape index (κ2) is 15.2. The van der Waals surface area contributed by atoms with Crippen LogP contribution >= 0.6 is 11.8 Å². The number of aliphatic hydroxyl groups excluding tert-OH is 1. The van der Waals surface area contributed by atoms with Crippen molar-refractivity contribution in [3.63, 3.8) is 0 Å². The second-order valence-corrected chi connectivity index (χ2v) is 12.1. The summed E-state index contributed by atoms with van der Waals surface area (Å²) >= 11 is 1.71. The number of para-hydroxylation sites is 1. The Kier molecular flexibility index (Phi) is 10.4. The van der Waals surface area contributed by atoms with E-state index in [4.69, 9.17) is 14.2 Å². The monoisotopic (exact) mass is 632 g/mol. The van der Waals surface area contributed by atoms with Crippen LogP contribution in [0.1, 0.15) is 51.4 Å². The van der Waals surface area contributed by atoms with Crippen molar-refractivity contribution in [2.24, 2.45) is 0 Å². The van der Waals surface area contributed by atoms with Crippen molar-refractivity contribution in [3.8, 4) is 16.9 Å². The molecule has 0 unspecified atom stereocenters. The van der Waals surface area contributed by atoms with E-state index in [9.17, 15) is 9.90 Å². The van der Waals surface area contributed by atoms with Crippen LogP contribution in [0.2, 0.25) is 0 Å². The standard InChI is InChI=1S/C38H36N2O5S/c1-43-34-10-4-5-11-36(34)46-25-32-21-35(28-14-12-26(24-41)13-15-28)45-38(44-32)29-18-16-27(17-19-29)33-9-3-2-7-30(33)23-40-37(42)31-8-6-20-39-22-31/h2-20,22,32,35,38,41H,21,23-25H2,1H3,(H,40,42)/t32-,35+,38+/m1/s1. The van der Waals surface area contributed by atoms with Gasteiger partial charge in [-0.3, -0.25) is 9.78 Å². The number of carbonyl (C=O) groups excluding carboxylic acids is 1. The number of hydrogen-bond donors (Lipinski definition) is 2. The summed E-state index contributed by atoms with van der Waals surface area (Å²) in [4.78, 5) is 17.7. The van der Waals surface area contributed by atoms with Gasteiger partial charge >= 0.3 is 0 Å². The van der Waals surface area contributed by atoms with E-state index in [0.717, 1.165) is 49.8 Å². The molecule has 1 amide bonds. The predicted molar refractivity (Wildman–Crippen MR) is 179 cm³/mol. The molecule has 2 N–H and O–H groups in total. The number of carbonyl (C=O) groups is 1. The Hall–Kier alpha value is -4.47. The number of pyridine rings is 1. The Morgan fingerprint density at radius 2 is 1.67 bits per heavy atom. The molecule has 7 nitrogen and oxygen atoms in total. The molecule has 0 radical (unpaired) electrons. The summed E-state index contributed by atoms with van der Waals surface area (Å²) in [5.74, 6) is 1.42. The zero-order valence-corrected chi connectivity index (χ0v) is 26.4. The number of amides is 1. The number of thioether (sulfide) groups is 1. The van der Waals surface area contributed by atoms with Crippen LogP contribution in [-0.4, -0.2) is 35.0 Å². The van der Waals surface area contributed by atoms with Crippen LogP contribution in [0.25, 0.3) is 11.1 Å². The number of nitrogens with zero attached hydrogens (tertiary/aromatic N) is 1. The first kappa shape index (κ1) is 31.5. The highest BCUT2D eigenvalue weighted by atomic mass is 32.2. The van der Waals surface area contributed by atoms with E-state index in [1.807, 2.05) is 72.8 Å².